The van der Waals surface area contributed by atoms with Crippen LogP contribution in [0.5, 0.6) is 0 Å². The average Bonchev–Trinajstić information content (AvgIpc) is 3.13. The second kappa shape index (κ2) is 7.38. The van der Waals surface area contributed by atoms with Crippen molar-refractivity contribution in [2.75, 3.05) is 38.8 Å². The molecule has 0 atom stereocenters. The van der Waals surface area contributed by atoms with Crippen molar-refractivity contribution >= 4 is 16.5 Å². The lowest BCUT2D eigenvalue weighted by Gasteiger charge is -2.15. The molecule has 0 aromatic carbocycles. The maximum atomic E-state index is 5.70. The first-order chi connectivity index (χ1) is 9.61. The van der Waals surface area contributed by atoms with E-state index in [0.717, 1.165) is 37.4 Å². The highest BCUT2D eigenvalue weighted by molar-refractivity contribution is 7.15. The van der Waals surface area contributed by atoms with E-state index in [0.29, 0.717) is 5.92 Å². The first kappa shape index (κ1) is 15.7. The van der Waals surface area contributed by atoms with Gasteiger partial charge in [-0.1, -0.05) is 13.8 Å². The molecule has 0 bridgehead atoms. The van der Waals surface area contributed by atoms with Gasteiger partial charge in [0.15, 0.2) is 5.13 Å². The minimum atomic E-state index is 0.475. The van der Waals surface area contributed by atoms with Gasteiger partial charge >= 0.3 is 0 Å². The topological polar surface area (TPSA) is 37.4 Å². The second-order valence-electron chi connectivity index (χ2n) is 5.93. The molecule has 0 unspecified atom stereocenters. The van der Waals surface area contributed by atoms with Crippen LogP contribution >= 0.6 is 11.3 Å². The zero-order valence-corrected chi connectivity index (χ0v) is 13.9. The van der Waals surface area contributed by atoms with Gasteiger partial charge in [0, 0.05) is 31.6 Å². The van der Waals surface area contributed by atoms with Gasteiger partial charge in [0.25, 0.3) is 0 Å². The van der Waals surface area contributed by atoms with Crippen LogP contribution in [-0.4, -0.2) is 38.8 Å². The zero-order valence-electron chi connectivity index (χ0n) is 13.1. The van der Waals surface area contributed by atoms with E-state index in [1.165, 1.54) is 23.4 Å². The van der Waals surface area contributed by atoms with Crippen LogP contribution < -0.4 is 10.2 Å². The van der Waals surface area contributed by atoms with Crippen molar-refractivity contribution < 1.29 is 4.74 Å². The van der Waals surface area contributed by atoms with E-state index in [1.807, 2.05) is 7.05 Å². The fraction of sp³-hybridized carbons (Fsp3) is 0.800. The molecule has 0 spiro atoms. The van der Waals surface area contributed by atoms with Crippen LogP contribution in [0, 0.1) is 5.92 Å². The van der Waals surface area contributed by atoms with Gasteiger partial charge in [-0.3, -0.25) is 0 Å². The summed E-state index contributed by atoms with van der Waals surface area (Å²) in [5.41, 5.74) is 1.23. The Kier molecular flexibility index (Phi) is 5.81. The van der Waals surface area contributed by atoms with Crippen molar-refractivity contribution in [2.24, 2.45) is 5.92 Å². The number of nitrogens with one attached hydrogen (secondary N) is 1. The lowest BCUT2D eigenvalue weighted by molar-refractivity contribution is 0.131. The van der Waals surface area contributed by atoms with Gasteiger partial charge in [0.05, 0.1) is 12.3 Å². The second-order valence-corrected chi connectivity index (χ2v) is 6.99. The summed E-state index contributed by atoms with van der Waals surface area (Å²) in [6, 6.07) is 0. The summed E-state index contributed by atoms with van der Waals surface area (Å²) in [5, 5.41) is 4.34. The molecule has 1 heterocycles. The molecule has 0 aliphatic heterocycles. The number of thiazole rings is 1. The van der Waals surface area contributed by atoms with E-state index in [-0.39, 0.29) is 0 Å². The molecule has 1 aliphatic carbocycles. The number of hydrogen-bond donors (Lipinski definition) is 1. The first-order valence-corrected chi connectivity index (χ1v) is 8.36. The molecule has 1 aromatic heterocycles. The fourth-order valence-corrected chi connectivity index (χ4v) is 3.30. The molecular weight excluding hydrogens is 270 g/mol. The Bertz CT molecular complexity index is 415. The zero-order chi connectivity index (χ0) is 14.5. The van der Waals surface area contributed by atoms with Crippen molar-refractivity contribution in [3.8, 4) is 0 Å². The van der Waals surface area contributed by atoms with Gasteiger partial charge in [-0.15, -0.1) is 11.3 Å². The van der Waals surface area contributed by atoms with E-state index in [4.69, 9.17) is 9.72 Å². The number of nitrogens with zero attached hydrogens (tertiary/aromatic N) is 2. The van der Waals surface area contributed by atoms with Crippen LogP contribution in [-0.2, 0) is 11.3 Å². The van der Waals surface area contributed by atoms with Gasteiger partial charge in [0.2, 0.25) is 0 Å². The summed E-state index contributed by atoms with van der Waals surface area (Å²) in [6.45, 7) is 7.96. The van der Waals surface area contributed by atoms with E-state index in [2.05, 4.69) is 31.1 Å². The summed E-state index contributed by atoms with van der Waals surface area (Å²) < 4.78 is 5.70. The monoisotopic (exact) mass is 297 g/mol. The predicted molar refractivity (Wildman–Crippen MR) is 85.8 cm³/mol. The van der Waals surface area contributed by atoms with Crippen molar-refractivity contribution in [3.63, 3.8) is 0 Å². The van der Waals surface area contributed by atoms with Gasteiger partial charge in [-0.25, -0.2) is 4.98 Å². The van der Waals surface area contributed by atoms with E-state index < -0.39 is 0 Å². The molecule has 2 rings (SSSR count). The third-order valence-corrected chi connectivity index (χ3v) is 4.73. The molecule has 1 aliphatic rings. The Hall–Kier alpha value is -0.650. The molecule has 0 saturated heterocycles. The van der Waals surface area contributed by atoms with Crippen molar-refractivity contribution in [1.29, 1.82) is 0 Å². The number of ether oxygens (including phenoxy) is 1. The largest absolute Gasteiger partial charge is 0.379 e. The van der Waals surface area contributed by atoms with Crippen LogP contribution in [0.15, 0.2) is 0 Å². The fourth-order valence-electron chi connectivity index (χ4n) is 2.08. The highest BCUT2D eigenvalue weighted by Crippen LogP contribution is 2.30. The van der Waals surface area contributed by atoms with Gasteiger partial charge in [-0.05, 0) is 31.7 Å². The number of anilines is 1. The average molecular weight is 297 g/mol. The molecule has 1 aromatic rings. The predicted octanol–water partition coefficient (Wildman–Crippen LogP) is 2.85. The number of likely N-dealkylation sites (N-methyl/N-ethyl adjacent to an activating group) is 1. The Morgan fingerprint density at radius 2 is 2.20 bits per heavy atom. The van der Waals surface area contributed by atoms with Crippen LogP contribution in [0.2, 0.25) is 0 Å². The Labute approximate surface area is 126 Å². The van der Waals surface area contributed by atoms with Crippen LogP contribution in [0.4, 0.5) is 5.13 Å². The minimum absolute atomic E-state index is 0.475. The summed E-state index contributed by atoms with van der Waals surface area (Å²) in [5.74, 6) is 1.32. The summed E-state index contributed by atoms with van der Waals surface area (Å²) in [6.07, 6.45) is 2.71. The Morgan fingerprint density at radius 1 is 1.45 bits per heavy atom. The molecule has 4 nitrogen and oxygen atoms in total. The Morgan fingerprint density at radius 3 is 2.80 bits per heavy atom. The number of hydrogen-bond acceptors (Lipinski definition) is 5. The number of aromatic nitrogens is 1. The maximum Gasteiger partial charge on any atom is 0.185 e. The van der Waals surface area contributed by atoms with Gasteiger partial charge in [0.1, 0.15) is 0 Å². The van der Waals surface area contributed by atoms with Crippen LogP contribution in [0.25, 0.3) is 0 Å². The number of rotatable bonds is 9. The lowest BCUT2D eigenvalue weighted by Crippen LogP contribution is -2.22. The highest BCUT2D eigenvalue weighted by atomic mass is 32.1. The minimum Gasteiger partial charge on any atom is -0.379 e. The molecule has 20 heavy (non-hydrogen) atoms. The third-order valence-electron chi connectivity index (χ3n) is 3.55. The lowest BCUT2D eigenvalue weighted by atomic mass is 10.1. The smallest absolute Gasteiger partial charge is 0.185 e. The van der Waals surface area contributed by atoms with Crippen molar-refractivity contribution in [2.45, 2.75) is 39.2 Å². The van der Waals surface area contributed by atoms with Crippen molar-refractivity contribution in [3.05, 3.63) is 10.6 Å². The van der Waals surface area contributed by atoms with Gasteiger partial charge < -0.3 is 15.0 Å². The standard InChI is InChI=1S/C15H27N3OS/c1-11(2)14-13(9-16-3)20-15(17-14)18(4)7-8-19-10-12-5-6-12/h11-12,16H,5-10H2,1-4H3. The molecule has 0 amide bonds. The quantitative estimate of drug-likeness (QED) is 0.711. The summed E-state index contributed by atoms with van der Waals surface area (Å²) in [4.78, 5) is 8.36. The molecule has 1 fully saturated rings. The van der Waals surface area contributed by atoms with Crippen LogP contribution in [0.3, 0.4) is 0 Å². The van der Waals surface area contributed by atoms with E-state index >= 15 is 0 Å². The first-order valence-electron chi connectivity index (χ1n) is 7.55. The third kappa shape index (κ3) is 4.43. The van der Waals surface area contributed by atoms with E-state index in [9.17, 15) is 0 Å². The maximum absolute atomic E-state index is 5.70. The molecular formula is C15H27N3OS. The van der Waals surface area contributed by atoms with Crippen molar-refractivity contribution in [1.82, 2.24) is 10.3 Å². The molecule has 5 heteroatoms. The summed E-state index contributed by atoms with van der Waals surface area (Å²) in [7, 11) is 4.09. The molecule has 114 valence electrons. The Balaban J connectivity index is 1.86. The molecule has 1 saturated carbocycles. The normalized spacial score (nSPS) is 15.1. The SMILES string of the molecule is CNCc1sc(N(C)CCOCC2CC2)nc1C(C)C. The highest BCUT2D eigenvalue weighted by Gasteiger charge is 2.21. The summed E-state index contributed by atoms with van der Waals surface area (Å²) >= 11 is 1.79. The van der Waals surface area contributed by atoms with Gasteiger partial charge in [-0.2, -0.15) is 0 Å². The molecule has 1 N–H and O–H groups in total. The molecule has 0 radical (unpaired) electrons. The van der Waals surface area contributed by atoms with Crippen LogP contribution in [0.1, 0.15) is 43.2 Å². The van der Waals surface area contributed by atoms with E-state index in [1.54, 1.807) is 11.3 Å².